The van der Waals surface area contributed by atoms with Gasteiger partial charge in [-0.15, -0.1) is 0 Å². The minimum Gasteiger partial charge on any atom is -0.377 e. The van der Waals surface area contributed by atoms with Crippen LogP contribution in [-0.4, -0.2) is 46.0 Å². The van der Waals surface area contributed by atoms with Crippen molar-refractivity contribution in [2.45, 2.75) is 50.7 Å². The Kier molecular flexibility index (Phi) is 5.41. The minimum atomic E-state index is -3.11. The maximum absolute atomic E-state index is 11.7. The van der Waals surface area contributed by atoms with E-state index in [-0.39, 0.29) is 11.9 Å². The largest absolute Gasteiger partial charge is 0.377 e. The van der Waals surface area contributed by atoms with Crippen molar-refractivity contribution in [3.8, 4) is 0 Å². The zero-order chi connectivity index (χ0) is 12.8. The van der Waals surface area contributed by atoms with Crippen molar-refractivity contribution in [3.05, 3.63) is 0 Å². The van der Waals surface area contributed by atoms with Crippen molar-refractivity contribution in [1.29, 1.82) is 0 Å². The topological polar surface area (TPSA) is 67.4 Å². The van der Waals surface area contributed by atoms with E-state index in [0.717, 1.165) is 38.8 Å². The molecule has 2 rings (SSSR count). The molecule has 1 heterocycles. The summed E-state index contributed by atoms with van der Waals surface area (Å²) < 4.78 is 31.4. The van der Waals surface area contributed by atoms with Crippen LogP contribution in [0, 0.1) is 0 Å². The maximum Gasteiger partial charge on any atom is 0.211 e. The Morgan fingerprint density at radius 3 is 2.67 bits per heavy atom. The van der Waals surface area contributed by atoms with Crippen molar-refractivity contribution in [2.75, 3.05) is 25.4 Å². The highest BCUT2D eigenvalue weighted by molar-refractivity contribution is 7.89. The molecule has 0 bridgehead atoms. The molecule has 1 saturated carbocycles. The Bertz CT molecular complexity index is 335. The lowest BCUT2D eigenvalue weighted by molar-refractivity contribution is 0.114. The van der Waals surface area contributed by atoms with Crippen molar-refractivity contribution < 1.29 is 13.2 Å². The normalized spacial score (nSPS) is 24.6. The van der Waals surface area contributed by atoms with Gasteiger partial charge in [-0.2, -0.15) is 0 Å². The van der Waals surface area contributed by atoms with E-state index < -0.39 is 10.0 Å². The van der Waals surface area contributed by atoms with Gasteiger partial charge in [0.2, 0.25) is 10.0 Å². The molecule has 6 heteroatoms. The van der Waals surface area contributed by atoms with Gasteiger partial charge in [-0.05, 0) is 45.1 Å². The van der Waals surface area contributed by atoms with Crippen LogP contribution in [0.2, 0.25) is 0 Å². The van der Waals surface area contributed by atoms with E-state index in [1.165, 1.54) is 12.8 Å². The molecule has 2 aliphatic rings. The second kappa shape index (κ2) is 6.84. The fraction of sp³-hybridized carbons (Fsp3) is 1.00. The number of hydrogen-bond acceptors (Lipinski definition) is 4. The summed E-state index contributed by atoms with van der Waals surface area (Å²) in [5.74, 6) is 0.228. The van der Waals surface area contributed by atoms with Crippen LogP contribution in [0.5, 0.6) is 0 Å². The summed E-state index contributed by atoms with van der Waals surface area (Å²) in [6.45, 7) is 2.13. The van der Waals surface area contributed by atoms with E-state index in [0.29, 0.717) is 12.6 Å². The molecule has 106 valence electrons. The molecule has 0 amide bonds. The van der Waals surface area contributed by atoms with Gasteiger partial charge < -0.3 is 10.1 Å². The molecule has 0 aromatic heterocycles. The average Bonchev–Trinajstić information content (AvgIpc) is 3.00. The average molecular weight is 276 g/mol. The maximum atomic E-state index is 11.7. The van der Waals surface area contributed by atoms with Crippen LogP contribution in [-0.2, 0) is 14.8 Å². The molecule has 0 radical (unpaired) electrons. The number of nitrogens with one attached hydrogen (secondary N) is 2. The molecule has 18 heavy (non-hydrogen) atoms. The molecular weight excluding hydrogens is 252 g/mol. The first-order valence-electron chi connectivity index (χ1n) is 6.98. The highest BCUT2D eigenvalue weighted by Gasteiger charge is 2.20. The van der Waals surface area contributed by atoms with Crippen LogP contribution in [0.1, 0.15) is 38.5 Å². The number of ether oxygens (including phenoxy) is 1. The Morgan fingerprint density at radius 1 is 1.17 bits per heavy atom. The summed E-state index contributed by atoms with van der Waals surface area (Å²) in [7, 11) is -3.11. The van der Waals surface area contributed by atoms with Crippen LogP contribution in [0.3, 0.4) is 0 Å². The lowest BCUT2D eigenvalue weighted by atomic mass is 10.2. The Balaban J connectivity index is 1.51. The van der Waals surface area contributed by atoms with Gasteiger partial charge >= 0.3 is 0 Å². The predicted octanol–water partition coefficient (Wildman–Crippen LogP) is 0.617. The number of rotatable bonds is 9. The van der Waals surface area contributed by atoms with Gasteiger partial charge in [0, 0.05) is 19.2 Å². The Morgan fingerprint density at radius 2 is 2.00 bits per heavy atom. The Hall–Kier alpha value is -0.170. The van der Waals surface area contributed by atoms with Crippen molar-refractivity contribution in [2.24, 2.45) is 0 Å². The van der Waals surface area contributed by atoms with Gasteiger partial charge in [-0.1, -0.05) is 0 Å². The first-order valence-corrected chi connectivity index (χ1v) is 8.63. The fourth-order valence-corrected chi connectivity index (χ4v) is 3.28. The first-order chi connectivity index (χ1) is 8.66. The summed E-state index contributed by atoms with van der Waals surface area (Å²) in [6, 6.07) is 0.708. The molecule has 1 aliphatic carbocycles. The van der Waals surface area contributed by atoms with E-state index in [4.69, 9.17) is 4.74 Å². The molecule has 2 N–H and O–H groups in total. The van der Waals surface area contributed by atoms with Crippen LogP contribution < -0.4 is 10.0 Å². The van der Waals surface area contributed by atoms with E-state index >= 15 is 0 Å². The number of hydrogen-bond donors (Lipinski definition) is 2. The third-order valence-corrected chi connectivity index (χ3v) is 4.84. The van der Waals surface area contributed by atoms with E-state index in [9.17, 15) is 8.42 Å². The molecule has 0 aromatic carbocycles. The molecule has 5 nitrogen and oxygen atoms in total. The quantitative estimate of drug-likeness (QED) is 0.606. The summed E-state index contributed by atoms with van der Waals surface area (Å²) in [6.07, 6.45) is 6.30. The summed E-state index contributed by atoms with van der Waals surface area (Å²) in [5.41, 5.74) is 0. The van der Waals surface area contributed by atoms with Crippen molar-refractivity contribution in [1.82, 2.24) is 10.0 Å². The van der Waals surface area contributed by atoms with Gasteiger partial charge in [-0.3, -0.25) is 0 Å². The molecule has 0 aromatic rings. The van der Waals surface area contributed by atoms with Crippen molar-refractivity contribution in [3.63, 3.8) is 0 Å². The van der Waals surface area contributed by atoms with Gasteiger partial charge in [-0.25, -0.2) is 13.1 Å². The SMILES string of the molecule is O=S(=O)(CCCCNC1CC1)NCC1CCCO1. The van der Waals surface area contributed by atoms with Gasteiger partial charge in [0.05, 0.1) is 11.9 Å². The Labute approximate surface area is 110 Å². The number of unbranched alkanes of at least 4 members (excludes halogenated alkanes) is 1. The zero-order valence-corrected chi connectivity index (χ0v) is 11.7. The van der Waals surface area contributed by atoms with Crippen LogP contribution in [0.15, 0.2) is 0 Å². The van der Waals surface area contributed by atoms with E-state index in [2.05, 4.69) is 10.0 Å². The van der Waals surface area contributed by atoms with Gasteiger partial charge in [0.15, 0.2) is 0 Å². The second-order valence-corrected chi connectivity index (χ2v) is 7.16. The zero-order valence-electron chi connectivity index (χ0n) is 10.9. The van der Waals surface area contributed by atoms with E-state index in [1.54, 1.807) is 0 Å². The molecule has 1 atom stereocenters. The third-order valence-electron chi connectivity index (χ3n) is 3.41. The molecular formula is C12H24N2O3S. The molecule has 1 saturated heterocycles. The lowest BCUT2D eigenvalue weighted by Gasteiger charge is -2.11. The summed E-state index contributed by atoms with van der Waals surface area (Å²) in [5, 5.41) is 3.38. The number of sulfonamides is 1. The van der Waals surface area contributed by atoms with Gasteiger partial charge in [0.1, 0.15) is 0 Å². The third kappa shape index (κ3) is 5.65. The summed E-state index contributed by atoms with van der Waals surface area (Å²) in [4.78, 5) is 0. The predicted molar refractivity (Wildman–Crippen MR) is 71.0 cm³/mol. The monoisotopic (exact) mass is 276 g/mol. The smallest absolute Gasteiger partial charge is 0.211 e. The lowest BCUT2D eigenvalue weighted by Crippen LogP contribution is -2.33. The fourth-order valence-electron chi connectivity index (χ4n) is 2.11. The highest BCUT2D eigenvalue weighted by atomic mass is 32.2. The highest BCUT2D eigenvalue weighted by Crippen LogP contribution is 2.18. The van der Waals surface area contributed by atoms with E-state index in [1.807, 2.05) is 0 Å². The standard InChI is InChI=1S/C12H24N2O3S/c15-18(16,14-10-12-4-3-8-17-12)9-2-1-7-13-11-5-6-11/h11-14H,1-10H2. The van der Waals surface area contributed by atoms with Crippen LogP contribution in [0.4, 0.5) is 0 Å². The van der Waals surface area contributed by atoms with Gasteiger partial charge in [0.25, 0.3) is 0 Å². The molecule has 1 aliphatic heterocycles. The molecule has 1 unspecified atom stereocenters. The second-order valence-electron chi connectivity index (χ2n) is 5.24. The first kappa shape index (κ1) is 14.2. The minimum absolute atomic E-state index is 0.0799. The summed E-state index contributed by atoms with van der Waals surface area (Å²) >= 11 is 0. The van der Waals surface area contributed by atoms with Crippen LogP contribution >= 0.6 is 0 Å². The molecule has 0 spiro atoms. The molecule has 2 fully saturated rings. The van der Waals surface area contributed by atoms with Crippen molar-refractivity contribution >= 4 is 10.0 Å². The van der Waals surface area contributed by atoms with Crippen LogP contribution in [0.25, 0.3) is 0 Å².